The van der Waals surface area contributed by atoms with E-state index in [9.17, 15) is 4.79 Å². The third-order valence-electron chi connectivity index (χ3n) is 1.59. The van der Waals surface area contributed by atoms with E-state index in [1.54, 1.807) is 4.90 Å². The molecule has 0 aromatic heterocycles. The fraction of sp³-hybridized carbons (Fsp3) is 0.889. The van der Waals surface area contributed by atoms with Gasteiger partial charge in [0.1, 0.15) is 0 Å². The molecule has 72 valence electrons. The van der Waals surface area contributed by atoms with Gasteiger partial charge < -0.3 is 9.64 Å². The van der Waals surface area contributed by atoms with Crippen molar-refractivity contribution < 1.29 is 9.53 Å². The lowest BCUT2D eigenvalue weighted by molar-refractivity contribution is 0.105. The van der Waals surface area contributed by atoms with Crippen molar-refractivity contribution in [3.05, 3.63) is 0 Å². The van der Waals surface area contributed by atoms with E-state index < -0.39 is 0 Å². The van der Waals surface area contributed by atoms with Crippen LogP contribution in [0, 0.1) is 5.92 Å². The van der Waals surface area contributed by atoms with E-state index in [1.165, 1.54) is 7.11 Å². The van der Waals surface area contributed by atoms with Crippen LogP contribution < -0.4 is 0 Å². The maximum Gasteiger partial charge on any atom is 0.409 e. The Balaban J connectivity index is 4.13. The van der Waals surface area contributed by atoms with Crippen LogP contribution in [-0.4, -0.2) is 30.7 Å². The molecule has 0 bridgehead atoms. The van der Waals surface area contributed by atoms with Crippen molar-refractivity contribution in [2.24, 2.45) is 5.92 Å². The average molecular weight is 173 g/mol. The van der Waals surface area contributed by atoms with Gasteiger partial charge in [-0.3, -0.25) is 0 Å². The molecular weight excluding hydrogens is 154 g/mol. The molecule has 3 heteroatoms. The van der Waals surface area contributed by atoms with Gasteiger partial charge in [0, 0.05) is 12.6 Å². The predicted molar refractivity (Wildman–Crippen MR) is 49.1 cm³/mol. The number of carbonyl (C=O) groups excluding carboxylic acids is 1. The lowest BCUT2D eigenvalue weighted by atomic mass is 10.2. The third kappa shape index (κ3) is 3.60. The highest BCUT2D eigenvalue weighted by Gasteiger charge is 2.17. The molecule has 0 radical (unpaired) electrons. The highest BCUT2D eigenvalue weighted by atomic mass is 16.5. The van der Waals surface area contributed by atoms with Gasteiger partial charge in [-0.05, 0) is 19.8 Å². The number of carbonyl (C=O) groups is 1. The summed E-state index contributed by atoms with van der Waals surface area (Å²) in [5, 5.41) is 0. The van der Waals surface area contributed by atoms with Crippen molar-refractivity contribution in [1.82, 2.24) is 4.90 Å². The van der Waals surface area contributed by atoms with E-state index in [-0.39, 0.29) is 12.1 Å². The summed E-state index contributed by atoms with van der Waals surface area (Å²) < 4.78 is 4.66. The van der Waals surface area contributed by atoms with Gasteiger partial charge in [-0.1, -0.05) is 13.8 Å². The molecule has 0 aliphatic heterocycles. The third-order valence-corrected chi connectivity index (χ3v) is 1.59. The van der Waals surface area contributed by atoms with Crippen molar-refractivity contribution in [1.29, 1.82) is 0 Å². The van der Waals surface area contributed by atoms with Gasteiger partial charge in [0.15, 0.2) is 0 Å². The number of hydrogen-bond acceptors (Lipinski definition) is 2. The maximum atomic E-state index is 11.2. The van der Waals surface area contributed by atoms with Gasteiger partial charge in [-0.25, -0.2) is 4.79 Å². The maximum absolute atomic E-state index is 11.2. The van der Waals surface area contributed by atoms with Crippen molar-refractivity contribution in [3.8, 4) is 0 Å². The molecule has 0 rings (SSSR count). The topological polar surface area (TPSA) is 29.5 Å². The molecule has 0 spiro atoms. The number of nitrogens with zero attached hydrogens (tertiary/aromatic N) is 1. The van der Waals surface area contributed by atoms with Crippen molar-refractivity contribution >= 4 is 6.09 Å². The Hall–Kier alpha value is -0.730. The van der Waals surface area contributed by atoms with Crippen molar-refractivity contribution in [2.45, 2.75) is 33.7 Å². The van der Waals surface area contributed by atoms with Crippen LogP contribution in [0.25, 0.3) is 0 Å². The lowest BCUT2D eigenvalue weighted by Gasteiger charge is -2.26. The van der Waals surface area contributed by atoms with Gasteiger partial charge >= 0.3 is 6.09 Å². The highest BCUT2D eigenvalue weighted by molar-refractivity contribution is 5.67. The molecule has 0 unspecified atom stereocenters. The summed E-state index contributed by atoms with van der Waals surface area (Å²) in [6, 6.07) is 0.208. The van der Waals surface area contributed by atoms with E-state index in [4.69, 9.17) is 0 Å². The zero-order chi connectivity index (χ0) is 9.72. The average Bonchev–Trinajstić information content (AvgIpc) is 1.98. The summed E-state index contributed by atoms with van der Waals surface area (Å²) >= 11 is 0. The lowest BCUT2D eigenvalue weighted by Crippen LogP contribution is -2.39. The van der Waals surface area contributed by atoms with E-state index in [0.717, 1.165) is 6.54 Å². The first-order valence-corrected chi connectivity index (χ1v) is 4.33. The summed E-state index contributed by atoms with van der Waals surface area (Å²) in [6.45, 7) is 8.89. The second-order valence-electron chi connectivity index (χ2n) is 3.61. The first kappa shape index (κ1) is 11.3. The molecule has 0 atom stereocenters. The Kier molecular flexibility index (Phi) is 4.71. The van der Waals surface area contributed by atoms with Crippen LogP contribution in [0.2, 0.25) is 0 Å². The van der Waals surface area contributed by atoms with E-state index in [2.05, 4.69) is 18.6 Å². The van der Waals surface area contributed by atoms with Crippen LogP contribution in [0.4, 0.5) is 4.79 Å². The fourth-order valence-corrected chi connectivity index (χ4v) is 1.01. The minimum Gasteiger partial charge on any atom is -0.453 e. The number of rotatable bonds is 3. The summed E-state index contributed by atoms with van der Waals surface area (Å²) in [4.78, 5) is 12.9. The SMILES string of the molecule is COC(=O)N(CC(C)C)C(C)C. The van der Waals surface area contributed by atoms with Crippen LogP contribution in [0.3, 0.4) is 0 Å². The van der Waals surface area contributed by atoms with Gasteiger partial charge in [0.25, 0.3) is 0 Å². The van der Waals surface area contributed by atoms with Crippen LogP contribution in [0.5, 0.6) is 0 Å². The highest BCUT2D eigenvalue weighted by Crippen LogP contribution is 2.05. The minimum atomic E-state index is -0.237. The number of hydrogen-bond donors (Lipinski definition) is 0. The largest absolute Gasteiger partial charge is 0.453 e. The quantitative estimate of drug-likeness (QED) is 0.654. The molecular formula is C9H19NO2. The first-order chi connectivity index (χ1) is 5.49. The molecule has 0 aliphatic carbocycles. The van der Waals surface area contributed by atoms with Crippen LogP contribution in [0.15, 0.2) is 0 Å². The summed E-state index contributed by atoms with van der Waals surface area (Å²) in [5.41, 5.74) is 0. The smallest absolute Gasteiger partial charge is 0.409 e. The van der Waals surface area contributed by atoms with Gasteiger partial charge in [-0.2, -0.15) is 0 Å². The molecule has 0 aromatic rings. The molecule has 0 N–H and O–H groups in total. The summed E-state index contributed by atoms with van der Waals surface area (Å²) in [6.07, 6.45) is -0.237. The predicted octanol–water partition coefficient (Wildman–Crippen LogP) is 2.12. The second-order valence-corrected chi connectivity index (χ2v) is 3.61. The van der Waals surface area contributed by atoms with E-state index >= 15 is 0 Å². The van der Waals surface area contributed by atoms with E-state index in [1.807, 2.05) is 13.8 Å². The Morgan fingerprint density at radius 3 is 2.08 bits per heavy atom. The molecule has 0 saturated heterocycles. The van der Waals surface area contributed by atoms with Crippen molar-refractivity contribution in [3.63, 3.8) is 0 Å². The number of methoxy groups -OCH3 is 1. The summed E-state index contributed by atoms with van der Waals surface area (Å²) in [5.74, 6) is 0.478. The van der Waals surface area contributed by atoms with Crippen LogP contribution >= 0.6 is 0 Å². The normalized spacial score (nSPS) is 10.6. The Labute approximate surface area is 74.7 Å². The second kappa shape index (κ2) is 5.01. The Morgan fingerprint density at radius 2 is 1.83 bits per heavy atom. The molecule has 0 aliphatic rings. The zero-order valence-corrected chi connectivity index (χ0v) is 8.63. The number of ether oxygens (including phenoxy) is 1. The van der Waals surface area contributed by atoms with Crippen molar-refractivity contribution in [2.75, 3.05) is 13.7 Å². The van der Waals surface area contributed by atoms with E-state index in [0.29, 0.717) is 5.92 Å². The molecule has 0 heterocycles. The van der Waals surface area contributed by atoms with Crippen LogP contribution in [-0.2, 0) is 4.74 Å². The molecule has 0 fully saturated rings. The monoisotopic (exact) mass is 173 g/mol. The molecule has 0 aromatic carbocycles. The minimum absolute atomic E-state index is 0.208. The fourth-order valence-electron chi connectivity index (χ4n) is 1.01. The number of amides is 1. The first-order valence-electron chi connectivity index (χ1n) is 4.33. The standard InChI is InChI=1S/C9H19NO2/c1-7(2)6-10(8(3)4)9(11)12-5/h7-8H,6H2,1-5H3. The molecule has 0 saturated carbocycles. The van der Waals surface area contributed by atoms with Gasteiger partial charge in [0.2, 0.25) is 0 Å². The summed E-state index contributed by atoms with van der Waals surface area (Å²) in [7, 11) is 1.41. The Bertz CT molecular complexity index is 143. The molecule has 1 amide bonds. The molecule has 12 heavy (non-hydrogen) atoms. The Morgan fingerprint density at radius 1 is 1.33 bits per heavy atom. The van der Waals surface area contributed by atoms with Crippen LogP contribution in [0.1, 0.15) is 27.7 Å². The van der Waals surface area contributed by atoms with Gasteiger partial charge in [0.05, 0.1) is 7.11 Å². The molecule has 3 nitrogen and oxygen atoms in total. The van der Waals surface area contributed by atoms with Gasteiger partial charge in [-0.15, -0.1) is 0 Å². The zero-order valence-electron chi connectivity index (χ0n) is 8.63.